The molecule has 7 heteroatoms. The van der Waals surface area contributed by atoms with Crippen LogP contribution < -0.4 is 0 Å². The Labute approximate surface area is 141 Å². The molecule has 1 atom stereocenters. The van der Waals surface area contributed by atoms with Crippen LogP contribution in [-0.4, -0.2) is 36.8 Å². The van der Waals surface area contributed by atoms with E-state index >= 15 is 0 Å². The number of hydrogen-bond acceptors (Lipinski definition) is 4. The second-order valence-corrected chi connectivity index (χ2v) is 6.80. The maximum absolute atomic E-state index is 12.2. The van der Waals surface area contributed by atoms with Crippen LogP contribution in [0.15, 0.2) is 47.1 Å². The van der Waals surface area contributed by atoms with Gasteiger partial charge in [0, 0.05) is 23.7 Å². The highest BCUT2D eigenvalue weighted by atomic mass is 32.2. The first kappa shape index (κ1) is 13.6. The van der Waals surface area contributed by atoms with E-state index in [-0.39, 0.29) is 17.0 Å². The summed E-state index contributed by atoms with van der Waals surface area (Å²) in [5, 5.41) is 10.4. The van der Waals surface area contributed by atoms with Crippen molar-refractivity contribution >= 4 is 29.7 Å². The Morgan fingerprint density at radius 1 is 1.38 bits per heavy atom. The number of imidazole rings is 1. The van der Waals surface area contributed by atoms with Crippen molar-refractivity contribution in [3.05, 3.63) is 58.4 Å². The van der Waals surface area contributed by atoms with Gasteiger partial charge in [-0.25, -0.2) is 9.78 Å². The number of rotatable bonds is 2. The number of nitrogens with zero attached hydrogens (tertiary/aromatic N) is 3. The van der Waals surface area contributed by atoms with Gasteiger partial charge >= 0.3 is 5.97 Å². The Morgan fingerprint density at radius 2 is 2.21 bits per heavy atom. The van der Waals surface area contributed by atoms with Gasteiger partial charge in [0.25, 0.3) is 5.91 Å². The summed E-state index contributed by atoms with van der Waals surface area (Å²) in [6.07, 6.45) is 3.70. The summed E-state index contributed by atoms with van der Waals surface area (Å²) in [7, 11) is 0. The first-order valence-electron chi connectivity index (χ1n) is 7.43. The van der Waals surface area contributed by atoms with Crippen molar-refractivity contribution in [1.29, 1.82) is 0 Å². The van der Waals surface area contributed by atoms with Gasteiger partial charge in [-0.2, -0.15) is 0 Å². The second kappa shape index (κ2) is 4.61. The van der Waals surface area contributed by atoms with Crippen LogP contribution in [0.4, 0.5) is 0 Å². The first-order chi connectivity index (χ1) is 11.6. The van der Waals surface area contributed by atoms with Crippen LogP contribution >= 0.6 is 11.8 Å². The zero-order valence-electron chi connectivity index (χ0n) is 12.3. The monoisotopic (exact) mass is 337 g/mol. The largest absolute Gasteiger partial charge is 0.477 e. The Morgan fingerprint density at radius 3 is 3.04 bits per heavy atom. The number of carbonyl (C=O) groups excluding carboxylic acids is 1. The number of β-lactam (4-membered cyclic amide) rings is 1. The molecule has 0 spiro atoms. The van der Waals surface area contributed by atoms with Crippen molar-refractivity contribution in [1.82, 2.24) is 14.5 Å². The Bertz CT molecular complexity index is 989. The van der Waals surface area contributed by atoms with E-state index in [2.05, 4.69) is 15.6 Å². The molecule has 1 saturated heterocycles. The topological polar surface area (TPSA) is 75.4 Å². The molecule has 0 saturated carbocycles. The van der Waals surface area contributed by atoms with E-state index in [1.807, 2.05) is 24.4 Å². The number of thioether (sulfide) groups is 1. The molecule has 0 aliphatic carbocycles. The molecule has 1 aromatic heterocycles. The second-order valence-electron chi connectivity index (χ2n) is 5.85. The number of aliphatic carboxylic acids is 1. The van der Waals surface area contributed by atoms with Gasteiger partial charge in [-0.05, 0) is 11.6 Å². The van der Waals surface area contributed by atoms with Crippen molar-refractivity contribution in [2.75, 3.05) is 0 Å². The van der Waals surface area contributed by atoms with Gasteiger partial charge in [0.2, 0.25) is 0 Å². The van der Waals surface area contributed by atoms with Crippen molar-refractivity contribution in [2.45, 2.75) is 11.9 Å². The Hall–Kier alpha value is -2.80. The number of hydrogen-bond donors (Lipinski definition) is 1. The lowest BCUT2D eigenvalue weighted by Crippen LogP contribution is -2.51. The molecule has 6 nitrogen and oxygen atoms in total. The minimum Gasteiger partial charge on any atom is -0.477 e. The highest BCUT2D eigenvalue weighted by Crippen LogP contribution is 2.45. The number of aromatic nitrogens is 2. The Balaban J connectivity index is 1.46. The number of carboxylic acid groups (broad SMARTS) is 1. The highest BCUT2D eigenvalue weighted by molar-refractivity contribution is 8.03. The zero-order chi connectivity index (χ0) is 16.4. The van der Waals surface area contributed by atoms with Gasteiger partial charge in [0.15, 0.2) is 0 Å². The van der Waals surface area contributed by atoms with E-state index in [0.717, 1.165) is 23.6 Å². The minimum absolute atomic E-state index is 0.0495. The van der Waals surface area contributed by atoms with Gasteiger partial charge in [0.05, 0.1) is 11.3 Å². The minimum atomic E-state index is -1.07. The SMILES string of the molecule is O=C(O)C1=CSC2/C(=C\c3cn4c(n3)-c3ccccc3C4)C(=O)N12. The average Bonchev–Trinajstić information content (AvgIpc) is 3.22. The number of carboxylic acids is 1. The number of benzene rings is 1. The lowest BCUT2D eigenvalue weighted by Gasteiger charge is -2.36. The predicted molar refractivity (Wildman–Crippen MR) is 88.7 cm³/mol. The van der Waals surface area contributed by atoms with E-state index < -0.39 is 5.97 Å². The molecule has 1 amide bonds. The molecule has 5 rings (SSSR count). The van der Waals surface area contributed by atoms with Crippen molar-refractivity contribution in [2.24, 2.45) is 0 Å². The molecule has 1 N–H and O–H groups in total. The molecule has 4 heterocycles. The highest BCUT2D eigenvalue weighted by Gasteiger charge is 2.49. The summed E-state index contributed by atoms with van der Waals surface area (Å²) in [6.45, 7) is 0.782. The molecule has 2 aromatic rings. The van der Waals surface area contributed by atoms with Gasteiger partial charge in [-0.1, -0.05) is 24.3 Å². The van der Waals surface area contributed by atoms with Gasteiger partial charge in [-0.3, -0.25) is 9.69 Å². The number of amides is 1. The van der Waals surface area contributed by atoms with Gasteiger partial charge < -0.3 is 9.67 Å². The molecular weight excluding hydrogens is 326 g/mol. The third kappa shape index (κ3) is 1.70. The first-order valence-corrected chi connectivity index (χ1v) is 8.37. The fourth-order valence-electron chi connectivity index (χ4n) is 3.33. The molecule has 3 aliphatic rings. The van der Waals surface area contributed by atoms with Crippen LogP contribution in [0.3, 0.4) is 0 Å². The number of fused-ring (bicyclic) bond motifs is 4. The van der Waals surface area contributed by atoms with Crippen LogP contribution in [0.25, 0.3) is 17.5 Å². The smallest absolute Gasteiger partial charge is 0.353 e. The van der Waals surface area contributed by atoms with Crippen LogP contribution in [0.5, 0.6) is 0 Å². The molecule has 24 heavy (non-hydrogen) atoms. The van der Waals surface area contributed by atoms with E-state index in [1.165, 1.54) is 27.6 Å². The van der Waals surface area contributed by atoms with Crippen molar-refractivity contribution in [3.63, 3.8) is 0 Å². The summed E-state index contributed by atoms with van der Waals surface area (Å²) >= 11 is 1.34. The van der Waals surface area contributed by atoms with Crippen LogP contribution in [0, 0.1) is 0 Å². The predicted octanol–water partition coefficient (Wildman–Crippen LogP) is 2.14. The lowest BCUT2D eigenvalue weighted by molar-refractivity contribution is -0.141. The molecule has 1 unspecified atom stereocenters. The van der Waals surface area contributed by atoms with E-state index in [4.69, 9.17) is 5.11 Å². The third-order valence-corrected chi connectivity index (χ3v) is 5.53. The lowest BCUT2D eigenvalue weighted by atomic mass is 10.0. The number of carbonyl (C=O) groups is 2. The standard InChI is InChI=1S/C17H11N3O3S/c21-15-12(16-20(15)13(8-24-16)17(22)23)5-10-7-19-6-9-3-1-2-4-11(9)14(19)18-10/h1-5,7-8,16H,6H2,(H,22,23)/b12-5-. The summed E-state index contributed by atoms with van der Waals surface area (Å²) in [6, 6.07) is 8.14. The quantitative estimate of drug-likeness (QED) is 0.573. The van der Waals surface area contributed by atoms with Gasteiger partial charge in [-0.15, -0.1) is 11.8 Å². The van der Waals surface area contributed by atoms with Crippen LogP contribution in [0.1, 0.15) is 11.3 Å². The summed E-state index contributed by atoms with van der Waals surface area (Å²) in [5.41, 5.74) is 3.73. The van der Waals surface area contributed by atoms with E-state index in [9.17, 15) is 9.59 Å². The summed E-state index contributed by atoms with van der Waals surface area (Å²) < 4.78 is 2.07. The molecule has 0 radical (unpaired) electrons. The molecule has 118 valence electrons. The van der Waals surface area contributed by atoms with E-state index in [0.29, 0.717) is 5.57 Å². The molecule has 1 fully saturated rings. The molecular formula is C17H11N3O3S. The zero-order valence-corrected chi connectivity index (χ0v) is 13.2. The maximum Gasteiger partial charge on any atom is 0.353 e. The van der Waals surface area contributed by atoms with Crippen LogP contribution in [-0.2, 0) is 16.1 Å². The molecule has 1 aromatic carbocycles. The van der Waals surface area contributed by atoms with Crippen LogP contribution in [0.2, 0.25) is 0 Å². The third-order valence-electron chi connectivity index (χ3n) is 4.45. The fraction of sp³-hybridized carbons (Fsp3) is 0.118. The van der Waals surface area contributed by atoms with E-state index in [1.54, 1.807) is 6.08 Å². The average molecular weight is 337 g/mol. The summed E-state index contributed by atoms with van der Waals surface area (Å²) in [5.74, 6) is -0.424. The van der Waals surface area contributed by atoms with Gasteiger partial charge in [0.1, 0.15) is 16.9 Å². The van der Waals surface area contributed by atoms with Crippen molar-refractivity contribution < 1.29 is 14.7 Å². The summed E-state index contributed by atoms with van der Waals surface area (Å²) in [4.78, 5) is 29.3. The maximum atomic E-state index is 12.2. The molecule has 3 aliphatic heterocycles. The fourth-order valence-corrected chi connectivity index (χ4v) is 4.45. The molecule has 0 bridgehead atoms. The normalized spacial score (nSPS) is 22.1. The Kier molecular flexibility index (Phi) is 2.62. The van der Waals surface area contributed by atoms with Crippen molar-refractivity contribution in [3.8, 4) is 11.4 Å².